The molecule has 0 saturated carbocycles. The minimum Gasteiger partial charge on any atom is -0.449 e. The van der Waals surface area contributed by atoms with Gasteiger partial charge in [0, 0.05) is 5.69 Å². The molecule has 0 aliphatic carbocycles. The van der Waals surface area contributed by atoms with Crippen LogP contribution in [-0.4, -0.2) is 0 Å². The summed E-state index contributed by atoms with van der Waals surface area (Å²) in [6, 6.07) is 7.39. The number of furan rings is 1. The van der Waals surface area contributed by atoms with Crippen molar-refractivity contribution in [2.75, 3.05) is 5.32 Å². The van der Waals surface area contributed by atoms with Crippen molar-refractivity contribution in [1.82, 2.24) is 0 Å². The molecule has 2 aromatic rings. The number of nitriles is 1. The van der Waals surface area contributed by atoms with Gasteiger partial charge in [0.25, 0.3) is 0 Å². The number of nitrogens with one attached hydrogen (secondary N) is 1. The number of hydrogen-bond donors (Lipinski definition) is 1. The van der Waals surface area contributed by atoms with Crippen LogP contribution in [0.15, 0.2) is 34.7 Å². The Labute approximate surface area is 111 Å². The quantitative estimate of drug-likeness (QED) is 0.869. The third-order valence-corrected chi connectivity index (χ3v) is 2.51. The number of hydrogen-bond acceptors (Lipinski definition) is 3. The molecule has 1 N–H and O–H groups in total. The van der Waals surface area contributed by atoms with Crippen LogP contribution in [0.1, 0.15) is 17.1 Å². The van der Waals surface area contributed by atoms with Gasteiger partial charge in [-0.2, -0.15) is 18.4 Å². The molecule has 0 aliphatic rings. The van der Waals surface area contributed by atoms with E-state index in [1.165, 1.54) is 18.2 Å². The molecule has 0 unspecified atom stereocenters. The Hall–Kier alpha value is -2.49. The van der Waals surface area contributed by atoms with E-state index in [2.05, 4.69) is 5.32 Å². The maximum atomic E-state index is 13.1. The molecule has 3 nitrogen and oxygen atoms in total. The fraction of sp³-hybridized carbons (Fsp3) is 0.154. The van der Waals surface area contributed by atoms with E-state index in [-0.39, 0.29) is 18.0 Å². The monoisotopic (exact) mass is 284 g/mol. The van der Waals surface area contributed by atoms with Gasteiger partial charge in [-0.05, 0) is 30.3 Å². The van der Waals surface area contributed by atoms with E-state index >= 15 is 0 Å². The van der Waals surface area contributed by atoms with Gasteiger partial charge in [-0.15, -0.1) is 0 Å². The predicted molar refractivity (Wildman–Crippen MR) is 62.2 cm³/mol. The lowest BCUT2D eigenvalue weighted by molar-refractivity contribution is -0.139. The van der Waals surface area contributed by atoms with Gasteiger partial charge < -0.3 is 9.73 Å². The van der Waals surface area contributed by atoms with E-state index in [1.54, 1.807) is 6.07 Å². The molecular formula is C13H8F4N2O. The Morgan fingerprint density at radius 1 is 1.20 bits per heavy atom. The number of nitrogens with zero attached hydrogens (tertiary/aromatic N) is 1. The number of alkyl halides is 3. The van der Waals surface area contributed by atoms with Crippen molar-refractivity contribution >= 4 is 5.69 Å². The van der Waals surface area contributed by atoms with Crippen LogP contribution in [0.4, 0.5) is 23.2 Å². The first kappa shape index (κ1) is 13.9. The maximum Gasteiger partial charge on any atom is 0.419 e. The lowest BCUT2D eigenvalue weighted by atomic mass is 10.2. The van der Waals surface area contributed by atoms with Gasteiger partial charge in [0.15, 0.2) is 0 Å². The first-order valence-electron chi connectivity index (χ1n) is 5.49. The Balaban J connectivity index is 2.12. The second kappa shape index (κ2) is 5.25. The minimum absolute atomic E-state index is 0.0879. The second-order valence-corrected chi connectivity index (χ2v) is 3.92. The van der Waals surface area contributed by atoms with Crippen molar-refractivity contribution in [3.8, 4) is 6.07 Å². The zero-order valence-corrected chi connectivity index (χ0v) is 9.96. The summed E-state index contributed by atoms with van der Waals surface area (Å²) in [4.78, 5) is 0. The summed E-state index contributed by atoms with van der Waals surface area (Å²) >= 11 is 0. The van der Waals surface area contributed by atoms with E-state index in [0.29, 0.717) is 11.8 Å². The molecule has 0 radical (unpaired) electrons. The third-order valence-electron chi connectivity index (χ3n) is 2.51. The molecular weight excluding hydrogens is 276 g/mol. The molecule has 0 aliphatic heterocycles. The van der Waals surface area contributed by atoms with Crippen LogP contribution in [-0.2, 0) is 12.7 Å². The Morgan fingerprint density at radius 2 is 1.95 bits per heavy atom. The van der Waals surface area contributed by atoms with Gasteiger partial charge in [0.2, 0.25) is 5.76 Å². The van der Waals surface area contributed by atoms with Crippen molar-refractivity contribution < 1.29 is 22.0 Å². The lowest BCUT2D eigenvalue weighted by Crippen LogP contribution is -2.09. The number of benzene rings is 1. The third kappa shape index (κ3) is 3.09. The Kier molecular flexibility index (Phi) is 3.66. The zero-order valence-electron chi connectivity index (χ0n) is 9.96. The summed E-state index contributed by atoms with van der Waals surface area (Å²) in [6.45, 7) is 0.0879. The fourth-order valence-corrected chi connectivity index (χ4v) is 1.57. The first-order chi connectivity index (χ1) is 9.40. The highest BCUT2D eigenvalue weighted by molar-refractivity contribution is 5.47. The Bertz CT molecular complexity index is 655. The molecule has 2 rings (SSSR count). The summed E-state index contributed by atoms with van der Waals surface area (Å²) in [7, 11) is 0. The van der Waals surface area contributed by atoms with Crippen molar-refractivity contribution in [2.24, 2.45) is 0 Å². The SMILES string of the molecule is N#Cc1ccc(CNc2ccc(F)c(C(F)(F)F)c2)o1. The molecule has 1 aromatic heterocycles. The van der Waals surface area contributed by atoms with Crippen LogP contribution in [0.5, 0.6) is 0 Å². The van der Waals surface area contributed by atoms with Gasteiger partial charge in [0.1, 0.15) is 17.6 Å². The molecule has 104 valence electrons. The molecule has 0 saturated heterocycles. The summed E-state index contributed by atoms with van der Waals surface area (Å²) in [6.07, 6.45) is -4.75. The number of anilines is 1. The average Bonchev–Trinajstić information content (AvgIpc) is 2.84. The van der Waals surface area contributed by atoms with E-state index in [1.807, 2.05) is 0 Å². The standard InChI is InChI=1S/C13H8F4N2O/c14-12-4-1-8(5-11(12)13(15,16)17)19-7-10-3-2-9(6-18)20-10/h1-5,19H,7H2. The highest BCUT2D eigenvalue weighted by Crippen LogP contribution is 2.33. The molecule has 0 fully saturated rings. The van der Waals surface area contributed by atoms with Crippen LogP contribution in [0, 0.1) is 17.1 Å². The highest BCUT2D eigenvalue weighted by atomic mass is 19.4. The summed E-state index contributed by atoms with van der Waals surface area (Å²) in [5.74, 6) is -0.830. The largest absolute Gasteiger partial charge is 0.449 e. The van der Waals surface area contributed by atoms with Crippen LogP contribution < -0.4 is 5.32 Å². The molecule has 0 bridgehead atoms. The molecule has 7 heteroatoms. The van der Waals surface area contributed by atoms with E-state index in [4.69, 9.17) is 9.68 Å². The van der Waals surface area contributed by atoms with Crippen molar-refractivity contribution in [1.29, 1.82) is 5.26 Å². The lowest BCUT2D eigenvalue weighted by Gasteiger charge is -2.11. The topological polar surface area (TPSA) is 49.0 Å². The maximum absolute atomic E-state index is 13.1. The fourth-order valence-electron chi connectivity index (χ4n) is 1.57. The normalized spacial score (nSPS) is 11.2. The second-order valence-electron chi connectivity index (χ2n) is 3.92. The van der Waals surface area contributed by atoms with Crippen LogP contribution in [0.25, 0.3) is 0 Å². The smallest absolute Gasteiger partial charge is 0.419 e. The molecule has 0 spiro atoms. The molecule has 0 atom stereocenters. The van der Waals surface area contributed by atoms with E-state index in [9.17, 15) is 17.6 Å². The number of rotatable bonds is 3. The number of halogens is 4. The molecule has 1 aromatic carbocycles. The molecule has 20 heavy (non-hydrogen) atoms. The highest BCUT2D eigenvalue weighted by Gasteiger charge is 2.34. The van der Waals surface area contributed by atoms with Gasteiger partial charge in [-0.1, -0.05) is 0 Å². The summed E-state index contributed by atoms with van der Waals surface area (Å²) < 4.78 is 55.7. The van der Waals surface area contributed by atoms with Gasteiger partial charge in [-0.25, -0.2) is 4.39 Å². The minimum atomic E-state index is -4.75. The van der Waals surface area contributed by atoms with Crippen molar-refractivity contribution in [2.45, 2.75) is 12.7 Å². The molecule has 1 heterocycles. The van der Waals surface area contributed by atoms with Crippen molar-refractivity contribution in [3.63, 3.8) is 0 Å². The average molecular weight is 284 g/mol. The summed E-state index contributed by atoms with van der Waals surface area (Å²) in [5, 5.41) is 11.2. The van der Waals surface area contributed by atoms with Crippen LogP contribution in [0.2, 0.25) is 0 Å². The Morgan fingerprint density at radius 3 is 2.55 bits per heavy atom. The van der Waals surface area contributed by atoms with Crippen LogP contribution >= 0.6 is 0 Å². The van der Waals surface area contributed by atoms with Crippen LogP contribution in [0.3, 0.4) is 0 Å². The van der Waals surface area contributed by atoms with Gasteiger partial charge in [-0.3, -0.25) is 0 Å². The predicted octanol–water partition coefficient (Wildman–Crippen LogP) is 3.92. The van der Waals surface area contributed by atoms with Crippen molar-refractivity contribution in [3.05, 3.63) is 53.2 Å². The van der Waals surface area contributed by atoms with Gasteiger partial charge in [0.05, 0.1) is 12.1 Å². The summed E-state index contributed by atoms with van der Waals surface area (Å²) in [5.41, 5.74) is -1.23. The molecule has 0 amide bonds. The van der Waals surface area contributed by atoms with E-state index in [0.717, 1.165) is 6.07 Å². The zero-order chi connectivity index (χ0) is 14.8. The van der Waals surface area contributed by atoms with E-state index < -0.39 is 17.6 Å². The van der Waals surface area contributed by atoms with Gasteiger partial charge >= 0.3 is 6.18 Å². The first-order valence-corrected chi connectivity index (χ1v) is 5.49.